The molecule has 0 bridgehead atoms. The summed E-state index contributed by atoms with van der Waals surface area (Å²) in [5.74, 6) is 0.516. The zero-order chi connectivity index (χ0) is 12.7. The molecule has 3 rings (SSSR count). The van der Waals surface area contributed by atoms with Gasteiger partial charge < -0.3 is 5.73 Å². The Bertz CT molecular complexity index is 684. The first-order chi connectivity index (χ1) is 8.66. The van der Waals surface area contributed by atoms with E-state index in [0.717, 1.165) is 16.7 Å². The number of anilines is 1. The van der Waals surface area contributed by atoms with Crippen molar-refractivity contribution in [1.82, 2.24) is 14.5 Å². The zero-order valence-electron chi connectivity index (χ0n) is 10.3. The van der Waals surface area contributed by atoms with E-state index < -0.39 is 0 Å². The lowest BCUT2D eigenvalue weighted by Gasteiger charge is -2.14. The second kappa shape index (κ2) is 4.10. The topological polar surface area (TPSA) is 56.7 Å². The van der Waals surface area contributed by atoms with Gasteiger partial charge in [0, 0.05) is 6.20 Å². The number of imidazole rings is 1. The number of pyridine rings is 1. The molecule has 18 heavy (non-hydrogen) atoms. The summed E-state index contributed by atoms with van der Waals surface area (Å²) in [6, 6.07) is 4.26. The smallest absolute Gasteiger partial charge is 0.203 e. The number of thiophene rings is 1. The van der Waals surface area contributed by atoms with E-state index in [1.165, 1.54) is 5.56 Å². The molecule has 0 aliphatic carbocycles. The molecule has 4 nitrogen and oxygen atoms in total. The van der Waals surface area contributed by atoms with E-state index in [0.29, 0.717) is 5.95 Å². The largest absolute Gasteiger partial charge is 0.369 e. The lowest BCUT2D eigenvalue weighted by atomic mass is 10.2. The van der Waals surface area contributed by atoms with Crippen LogP contribution in [0.15, 0.2) is 29.1 Å². The quantitative estimate of drug-likeness (QED) is 0.768. The summed E-state index contributed by atoms with van der Waals surface area (Å²) in [5.41, 5.74) is 10.0. The first-order valence-electron chi connectivity index (χ1n) is 5.79. The van der Waals surface area contributed by atoms with Crippen LogP contribution in [0, 0.1) is 6.92 Å². The summed E-state index contributed by atoms with van der Waals surface area (Å²) in [4.78, 5) is 8.84. The van der Waals surface area contributed by atoms with E-state index in [9.17, 15) is 0 Å². The van der Waals surface area contributed by atoms with Crippen molar-refractivity contribution in [2.75, 3.05) is 5.73 Å². The van der Waals surface area contributed by atoms with Crippen molar-refractivity contribution in [2.45, 2.75) is 19.9 Å². The van der Waals surface area contributed by atoms with E-state index >= 15 is 0 Å². The highest BCUT2D eigenvalue weighted by Gasteiger charge is 2.16. The highest BCUT2D eigenvalue weighted by Crippen LogP contribution is 2.27. The lowest BCUT2D eigenvalue weighted by molar-refractivity contribution is 0.664. The molecule has 5 heteroatoms. The Morgan fingerprint density at radius 2 is 2.28 bits per heavy atom. The van der Waals surface area contributed by atoms with E-state index in [4.69, 9.17) is 5.73 Å². The van der Waals surface area contributed by atoms with Crippen LogP contribution in [0.2, 0.25) is 0 Å². The summed E-state index contributed by atoms with van der Waals surface area (Å²) in [5, 5.41) is 4.20. The van der Waals surface area contributed by atoms with Crippen LogP contribution < -0.4 is 5.73 Å². The molecule has 3 heterocycles. The number of aromatic nitrogens is 3. The molecule has 0 saturated heterocycles. The van der Waals surface area contributed by atoms with Crippen LogP contribution in [0.25, 0.3) is 11.2 Å². The van der Waals surface area contributed by atoms with Gasteiger partial charge in [-0.1, -0.05) is 0 Å². The molecule has 3 aromatic heterocycles. The molecular weight excluding hydrogens is 244 g/mol. The van der Waals surface area contributed by atoms with Crippen LogP contribution in [0.3, 0.4) is 0 Å². The fourth-order valence-electron chi connectivity index (χ4n) is 2.14. The molecule has 0 aliphatic rings. The first-order valence-corrected chi connectivity index (χ1v) is 6.73. The zero-order valence-corrected chi connectivity index (χ0v) is 11.1. The van der Waals surface area contributed by atoms with Gasteiger partial charge in [0.25, 0.3) is 0 Å². The molecule has 0 saturated carbocycles. The van der Waals surface area contributed by atoms with E-state index in [2.05, 4.69) is 33.7 Å². The first kappa shape index (κ1) is 11.2. The average molecular weight is 258 g/mol. The maximum absolute atomic E-state index is 6.03. The minimum Gasteiger partial charge on any atom is -0.369 e. The molecule has 0 aliphatic heterocycles. The van der Waals surface area contributed by atoms with Gasteiger partial charge in [-0.3, -0.25) is 4.57 Å². The SMILES string of the molecule is Cc1cnc2c(c1)nc(N)n2C(C)c1ccsc1. The highest BCUT2D eigenvalue weighted by molar-refractivity contribution is 7.07. The molecule has 3 aromatic rings. The van der Waals surface area contributed by atoms with Gasteiger partial charge in [-0.2, -0.15) is 11.3 Å². The van der Waals surface area contributed by atoms with Crippen molar-refractivity contribution in [3.63, 3.8) is 0 Å². The molecule has 2 N–H and O–H groups in total. The Kier molecular flexibility index (Phi) is 2.56. The van der Waals surface area contributed by atoms with Crippen LogP contribution in [0.4, 0.5) is 5.95 Å². The fraction of sp³-hybridized carbons (Fsp3) is 0.231. The monoisotopic (exact) mass is 258 g/mol. The molecule has 92 valence electrons. The normalized spacial score (nSPS) is 13.0. The number of nitrogens with zero attached hydrogens (tertiary/aromatic N) is 3. The second-order valence-electron chi connectivity index (χ2n) is 4.43. The van der Waals surface area contributed by atoms with Crippen molar-refractivity contribution < 1.29 is 0 Å². The Labute approximate surface area is 109 Å². The van der Waals surface area contributed by atoms with Gasteiger partial charge in [0.1, 0.15) is 5.52 Å². The summed E-state index contributed by atoms with van der Waals surface area (Å²) in [6.45, 7) is 4.12. The Morgan fingerprint density at radius 3 is 3.00 bits per heavy atom. The summed E-state index contributed by atoms with van der Waals surface area (Å²) >= 11 is 1.68. The highest BCUT2D eigenvalue weighted by atomic mass is 32.1. The van der Waals surface area contributed by atoms with Crippen LogP contribution in [0.1, 0.15) is 24.1 Å². The summed E-state index contributed by atoms with van der Waals surface area (Å²) in [7, 11) is 0. The molecule has 0 radical (unpaired) electrons. The summed E-state index contributed by atoms with van der Waals surface area (Å²) in [6.07, 6.45) is 1.85. The van der Waals surface area contributed by atoms with Gasteiger partial charge in [-0.05, 0) is 47.9 Å². The lowest BCUT2D eigenvalue weighted by Crippen LogP contribution is -2.10. The van der Waals surface area contributed by atoms with Gasteiger partial charge in [0.2, 0.25) is 5.95 Å². The van der Waals surface area contributed by atoms with E-state index in [-0.39, 0.29) is 6.04 Å². The van der Waals surface area contributed by atoms with Crippen molar-refractivity contribution in [3.05, 3.63) is 40.2 Å². The minimum absolute atomic E-state index is 0.149. The number of rotatable bonds is 2. The molecule has 0 amide bonds. The molecule has 0 fully saturated rings. The Balaban J connectivity index is 2.19. The fourth-order valence-corrected chi connectivity index (χ4v) is 2.89. The van der Waals surface area contributed by atoms with Gasteiger partial charge >= 0.3 is 0 Å². The number of aryl methyl sites for hydroxylation is 1. The van der Waals surface area contributed by atoms with Crippen molar-refractivity contribution >= 4 is 28.4 Å². The maximum Gasteiger partial charge on any atom is 0.203 e. The average Bonchev–Trinajstić information content (AvgIpc) is 2.94. The van der Waals surface area contributed by atoms with E-state index in [1.807, 2.05) is 23.8 Å². The molecule has 1 unspecified atom stereocenters. The minimum atomic E-state index is 0.149. The predicted molar refractivity (Wildman–Crippen MR) is 74.8 cm³/mol. The van der Waals surface area contributed by atoms with Crippen LogP contribution in [-0.2, 0) is 0 Å². The molecule has 0 aromatic carbocycles. The third kappa shape index (κ3) is 1.67. The number of hydrogen-bond acceptors (Lipinski definition) is 4. The van der Waals surface area contributed by atoms with Crippen LogP contribution >= 0.6 is 11.3 Å². The number of fused-ring (bicyclic) bond motifs is 1. The Hall–Kier alpha value is -1.88. The van der Waals surface area contributed by atoms with Crippen molar-refractivity contribution in [1.29, 1.82) is 0 Å². The molecular formula is C13H14N4S. The molecule has 1 atom stereocenters. The van der Waals surface area contributed by atoms with Gasteiger partial charge in [0.15, 0.2) is 5.65 Å². The number of nitrogen functional groups attached to an aromatic ring is 1. The van der Waals surface area contributed by atoms with Gasteiger partial charge in [-0.25, -0.2) is 9.97 Å². The molecule has 0 spiro atoms. The third-order valence-corrected chi connectivity index (χ3v) is 3.81. The van der Waals surface area contributed by atoms with Crippen LogP contribution in [0.5, 0.6) is 0 Å². The maximum atomic E-state index is 6.03. The second-order valence-corrected chi connectivity index (χ2v) is 5.21. The predicted octanol–water partition coefficient (Wildman–Crippen LogP) is 2.99. The summed E-state index contributed by atoms with van der Waals surface area (Å²) < 4.78 is 1.98. The van der Waals surface area contributed by atoms with Gasteiger partial charge in [-0.15, -0.1) is 0 Å². The number of nitrogens with two attached hydrogens (primary N) is 1. The number of hydrogen-bond donors (Lipinski definition) is 1. The van der Waals surface area contributed by atoms with Crippen LogP contribution in [-0.4, -0.2) is 14.5 Å². The standard InChI is InChI=1S/C13H14N4S/c1-8-5-11-12(15-6-8)17(13(14)16-11)9(2)10-3-4-18-7-10/h3-7,9H,1-2H3,(H2,14,16). The van der Waals surface area contributed by atoms with Crippen molar-refractivity contribution in [3.8, 4) is 0 Å². The van der Waals surface area contributed by atoms with Crippen molar-refractivity contribution in [2.24, 2.45) is 0 Å². The van der Waals surface area contributed by atoms with E-state index in [1.54, 1.807) is 11.3 Å². The van der Waals surface area contributed by atoms with Gasteiger partial charge in [0.05, 0.1) is 6.04 Å². The third-order valence-electron chi connectivity index (χ3n) is 3.11. The Morgan fingerprint density at radius 1 is 1.44 bits per heavy atom.